The highest BCUT2D eigenvalue weighted by Gasteiger charge is 2.28. The number of allylic oxidation sites excluding steroid dienone is 3. The van der Waals surface area contributed by atoms with E-state index in [4.69, 9.17) is 0 Å². The van der Waals surface area contributed by atoms with E-state index in [0.717, 1.165) is 18.4 Å². The Morgan fingerprint density at radius 2 is 1.94 bits per heavy atom. The molecule has 0 saturated carbocycles. The molecule has 0 saturated heterocycles. The number of rotatable bonds is 1. The van der Waals surface area contributed by atoms with Gasteiger partial charge in [0.1, 0.15) is 0 Å². The lowest BCUT2D eigenvalue weighted by Crippen LogP contribution is -2.25. The minimum Gasteiger partial charge on any atom is -0.260 e. The molecule has 0 aliphatic heterocycles. The smallest absolute Gasteiger partial charge is 0.0683 e. The molecule has 1 aromatic heterocycles. The van der Waals surface area contributed by atoms with E-state index in [-0.39, 0.29) is 5.54 Å². The molecule has 0 fully saturated rings. The van der Waals surface area contributed by atoms with E-state index in [1.807, 2.05) is 6.20 Å². The van der Waals surface area contributed by atoms with Crippen LogP contribution in [-0.4, -0.2) is 9.78 Å². The highest BCUT2D eigenvalue weighted by molar-refractivity contribution is 5.75. The van der Waals surface area contributed by atoms with Gasteiger partial charge >= 0.3 is 0 Å². The van der Waals surface area contributed by atoms with Crippen LogP contribution in [0.3, 0.4) is 0 Å². The zero-order chi connectivity index (χ0) is 12.8. The van der Waals surface area contributed by atoms with Crippen LogP contribution < -0.4 is 0 Å². The molecule has 0 atom stereocenters. The maximum atomic E-state index is 4.55. The van der Waals surface area contributed by atoms with Crippen LogP contribution in [0.2, 0.25) is 0 Å². The molecule has 1 aromatic rings. The number of hydrogen-bond acceptors (Lipinski definition) is 1. The first-order valence-corrected chi connectivity index (χ1v) is 6.25. The Balaban J connectivity index is 2.62. The highest BCUT2D eigenvalue weighted by atomic mass is 15.3. The van der Waals surface area contributed by atoms with E-state index in [1.54, 1.807) is 0 Å². The fourth-order valence-electron chi connectivity index (χ4n) is 2.40. The Kier molecular flexibility index (Phi) is 2.76. The van der Waals surface area contributed by atoms with Crippen molar-refractivity contribution in [3.63, 3.8) is 0 Å². The third-order valence-electron chi connectivity index (χ3n) is 3.50. The maximum absolute atomic E-state index is 4.55. The quantitative estimate of drug-likeness (QED) is 0.714. The van der Waals surface area contributed by atoms with Gasteiger partial charge in [-0.05, 0) is 64.2 Å². The maximum Gasteiger partial charge on any atom is 0.0683 e. The van der Waals surface area contributed by atoms with Gasteiger partial charge in [-0.1, -0.05) is 12.2 Å². The molecule has 2 nitrogen and oxygen atoms in total. The number of aryl methyl sites for hydroxylation is 1. The van der Waals surface area contributed by atoms with Crippen molar-refractivity contribution in [3.8, 4) is 0 Å². The number of fused-ring (bicyclic) bond motifs is 1. The molecule has 0 N–H and O–H groups in total. The minimum atomic E-state index is 0.0402. The van der Waals surface area contributed by atoms with Gasteiger partial charge in [-0.3, -0.25) is 4.68 Å². The van der Waals surface area contributed by atoms with E-state index in [2.05, 4.69) is 51.0 Å². The summed E-state index contributed by atoms with van der Waals surface area (Å²) in [6, 6.07) is 0. The predicted molar refractivity (Wildman–Crippen MR) is 73.0 cm³/mol. The normalized spacial score (nSPS) is 18.2. The Hall–Kier alpha value is -1.31. The summed E-state index contributed by atoms with van der Waals surface area (Å²) < 4.78 is 2.16. The lowest BCUT2D eigenvalue weighted by Gasteiger charge is -2.23. The molecular formula is C15H22N2. The van der Waals surface area contributed by atoms with Crippen molar-refractivity contribution in [1.82, 2.24) is 9.78 Å². The van der Waals surface area contributed by atoms with E-state index in [9.17, 15) is 0 Å². The fourth-order valence-corrected chi connectivity index (χ4v) is 2.40. The van der Waals surface area contributed by atoms with Crippen LogP contribution in [0.4, 0.5) is 0 Å². The second kappa shape index (κ2) is 3.86. The van der Waals surface area contributed by atoms with E-state index >= 15 is 0 Å². The van der Waals surface area contributed by atoms with E-state index in [1.165, 1.54) is 22.4 Å². The summed E-state index contributed by atoms with van der Waals surface area (Å²) in [5.41, 5.74) is 6.68. The lowest BCUT2D eigenvalue weighted by atomic mass is 10.0. The van der Waals surface area contributed by atoms with Gasteiger partial charge in [-0.25, -0.2) is 0 Å². The predicted octanol–water partition coefficient (Wildman–Crippen LogP) is 3.93. The average molecular weight is 230 g/mol. The third-order valence-corrected chi connectivity index (χ3v) is 3.50. The molecule has 1 heterocycles. The van der Waals surface area contributed by atoms with Crippen LogP contribution in [0.15, 0.2) is 23.9 Å². The Bertz CT molecular complexity index is 495. The molecule has 0 unspecified atom stereocenters. The second-order valence-corrected chi connectivity index (χ2v) is 5.98. The summed E-state index contributed by atoms with van der Waals surface area (Å²) in [5.74, 6) is 0. The largest absolute Gasteiger partial charge is 0.260 e. The first-order chi connectivity index (χ1) is 7.82. The average Bonchev–Trinajstić information content (AvgIpc) is 2.73. The van der Waals surface area contributed by atoms with E-state index in [0.29, 0.717) is 0 Å². The Morgan fingerprint density at radius 3 is 2.47 bits per heavy atom. The van der Waals surface area contributed by atoms with Crippen LogP contribution in [-0.2, 0) is 12.0 Å². The van der Waals surface area contributed by atoms with Crippen LogP contribution in [0, 0.1) is 0 Å². The first-order valence-electron chi connectivity index (χ1n) is 6.25. The van der Waals surface area contributed by atoms with Gasteiger partial charge in [0, 0.05) is 0 Å². The molecule has 1 aliphatic carbocycles. The Morgan fingerprint density at radius 1 is 1.29 bits per heavy atom. The number of nitrogens with zero attached hydrogens (tertiary/aromatic N) is 2. The monoisotopic (exact) mass is 230 g/mol. The fraction of sp³-hybridized carbons (Fsp3) is 0.533. The molecule has 1 aliphatic rings. The first kappa shape index (κ1) is 12.2. The molecule has 0 spiro atoms. The molecule has 17 heavy (non-hydrogen) atoms. The summed E-state index contributed by atoms with van der Waals surface area (Å²) in [5, 5.41) is 4.55. The standard InChI is InChI=1S/C15H22N2/c1-10(2)11(3)13-8-7-12-9-16-17(14(12)13)15(4,5)6/h9H,1,7-8H2,2-6H3/b13-11+. The third kappa shape index (κ3) is 1.97. The zero-order valence-electron chi connectivity index (χ0n) is 11.6. The van der Waals surface area contributed by atoms with Crippen molar-refractivity contribution in [2.24, 2.45) is 0 Å². The SMILES string of the molecule is C=C(C)/C(C)=C1\CCc2cnn(C(C)(C)C)c21. The molecule has 2 rings (SSSR count). The van der Waals surface area contributed by atoms with Crippen molar-refractivity contribution in [3.05, 3.63) is 35.2 Å². The van der Waals surface area contributed by atoms with Gasteiger partial charge in [0.15, 0.2) is 0 Å². The Labute approximate surface area is 104 Å². The molecule has 0 amide bonds. The summed E-state index contributed by atoms with van der Waals surface area (Å²) in [7, 11) is 0. The minimum absolute atomic E-state index is 0.0402. The van der Waals surface area contributed by atoms with Crippen molar-refractivity contribution in [2.45, 2.75) is 53.0 Å². The van der Waals surface area contributed by atoms with Gasteiger partial charge in [-0.15, -0.1) is 0 Å². The lowest BCUT2D eigenvalue weighted by molar-refractivity contribution is 0.352. The van der Waals surface area contributed by atoms with Crippen LogP contribution >= 0.6 is 0 Å². The van der Waals surface area contributed by atoms with Gasteiger partial charge in [-0.2, -0.15) is 5.10 Å². The van der Waals surface area contributed by atoms with Crippen LogP contribution in [0.5, 0.6) is 0 Å². The molecular weight excluding hydrogens is 208 g/mol. The van der Waals surface area contributed by atoms with Gasteiger partial charge in [0.05, 0.1) is 17.4 Å². The van der Waals surface area contributed by atoms with Crippen molar-refractivity contribution in [1.29, 1.82) is 0 Å². The zero-order valence-corrected chi connectivity index (χ0v) is 11.6. The van der Waals surface area contributed by atoms with Crippen molar-refractivity contribution in [2.75, 3.05) is 0 Å². The summed E-state index contributed by atoms with van der Waals surface area (Å²) in [4.78, 5) is 0. The van der Waals surface area contributed by atoms with Gasteiger partial charge < -0.3 is 0 Å². The van der Waals surface area contributed by atoms with Gasteiger partial charge in [0.25, 0.3) is 0 Å². The summed E-state index contributed by atoms with van der Waals surface area (Å²) >= 11 is 0. The van der Waals surface area contributed by atoms with Gasteiger partial charge in [0.2, 0.25) is 0 Å². The van der Waals surface area contributed by atoms with Crippen molar-refractivity contribution < 1.29 is 0 Å². The molecule has 0 radical (unpaired) electrons. The van der Waals surface area contributed by atoms with Crippen LogP contribution in [0.1, 0.15) is 52.3 Å². The van der Waals surface area contributed by atoms with E-state index < -0.39 is 0 Å². The second-order valence-electron chi connectivity index (χ2n) is 5.98. The molecule has 0 bridgehead atoms. The van der Waals surface area contributed by atoms with Crippen molar-refractivity contribution >= 4 is 5.57 Å². The summed E-state index contributed by atoms with van der Waals surface area (Å²) in [6.07, 6.45) is 4.27. The topological polar surface area (TPSA) is 17.8 Å². The molecule has 0 aromatic carbocycles. The summed E-state index contributed by atoms with van der Waals surface area (Å²) in [6.45, 7) is 14.9. The number of aromatic nitrogens is 2. The highest BCUT2D eigenvalue weighted by Crippen LogP contribution is 2.38. The molecule has 92 valence electrons. The van der Waals surface area contributed by atoms with Crippen LogP contribution in [0.25, 0.3) is 5.57 Å². The number of hydrogen-bond donors (Lipinski definition) is 0. The molecule has 2 heteroatoms.